The maximum absolute atomic E-state index is 4.06. The first-order chi connectivity index (χ1) is 7.66. The van der Waals surface area contributed by atoms with Crippen molar-refractivity contribution >= 4 is 0 Å². The molecule has 4 atom stereocenters. The van der Waals surface area contributed by atoms with Crippen molar-refractivity contribution in [1.29, 1.82) is 0 Å². The van der Waals surface area contributed by atoms with Crippen LogP contribution in [0.5, 0.6) is 0 Å². The van der Waals surface area contributed by atoms with E-state index in [0.717, 1.165) is 12.0 Å². The Kier molecular flexibility index (Phi) is 3.36. The van der Waals surface area contributed by atoms with Crippen molar-refractivity contribution in [1.82, 2.24) is 5.32 Å². The lowest BCUT2D eigenvalue weighted by Crippen LogP contribution is -2.69. The molecule has 2 heterocycles. The molecule has 0 spiro atoms. The number of rotatable bonds is 4. The summed E-state index contributed by atoms with van der Waals surface area (Å²) in [6.45, 7) is 9.53. The van der Waals surface area contributed by atoms with Gasteiger partial charge in [-0.15, -0.1) is 0 Å². The highest BCUT2D eigenvalue weighted by atomic mass is 15.1. The largest absolute Gasteiger partial charge is 0.308 e. The fourth-order valence-electron chi connectivity index (χ4n) is 4.68. The Morgan fingerprint density at radius 3 is 2.25 bits per heavy atom. The van der Waals surface area contributed by atoms with Crippen LogP contribution < -0.4 is 5.32 Å². The van der Waals surface area contributed by atoms with Gasteiger partial charge in [0.15, 0.2) is 0 Å². The summed E-state index contributed by atoms with van der Waals surface area (Å²) in [6.07, 6.45) is 9.74. The molecular formula is C15H29N. The minimum absolute atomic E-state index is 0.492. The summed E-state index contributed by atoms with van der Waals surface area (Å²) >= 11 is 0. The first-order valence-electron chi connectivity index (χ1n) is 7.44. The molecule has 0 amide bonds. The van der Waals surface area contributed by atoms with Gasteiger partial charge in [-0.1, -0.05) is 34.1 Å². The molecule has 1 nitrogen and oxygen atoms in total. The van der Waals surface area contributed by atoms with Crippen LogP contribution in [0, 0.1) is 11.3 Å². The lowest BCUT2D eigenvalue weighted by molar-refractivity contribution is -0.0671. The highest BCUT2D eigenvalue weighted by Gasteiger charge is 2.55. The van der Waals surface area contributed by atoms with E-state index in [1.165, 1.54) is 44.9 Å². The van der Waals surface area contributed by atoms with Crippen LogP contribution in [0.3, 0.4) is 0 Å². The van der Waals surface area contributed by atoms with Gasteiger partial charge in [0.2, 0.25) is 0 Å². The smallest absolute Gasteiger partial charge is 0.0210 e. The number of hydrogen-bond donors (Lipinski definition) is 1. The number of fused-ring (bicyclic) bond motifs is 3. The molecule has 0 radical (unpaired) electrons. The van der Waals surface area contributed by atoms with Crippen molar-refractivity contribution < 1.29 is 0 Å². The van der Waals surface area contributed by atoms with Crippen molar-refractivity contribution in [2.75, 3.05) is 0 Å². The third kappa shape index (κ3) is 1.54. The SMILES string of the molecule is CCC1NC2(CC)CCC1(CC)CC2CC. The number of hydrogen-bond acceptors (Lipinski definition) is 1. The monoisotopic (exact) mass is 223 g/mol. The summed E-state index contributed by atoms with van der Waals surface area (Å²) in [5, 5.41) is 4.06. The van der Waals surface area contributed by atoms with E-state index in [0.29, 0.717) is 11.0 Å². The molecule has 1 saturated carbocycles. The van der Waals surface area contributed by atoms with Crippen molar-refractivity contribution in [2.24, 2.45) is 11.3 Å². The average Bonchev–Trinajstić information content (AvgIpc) is 2.38. The predicted octanol–water partition coefficient (Wildman–Crippen LogP) is 4.12. The standard InChI is InChI=1S/C15H29N/c1-5-12-11-14(7-3)9-10-15(12,8-4)16-13(14)6-2/h12-13,16H,5-11H2,1-4H3. The molecule has 0 aromatic heterocycles. The molecule has 1 N–H and O–H groups in total. The van der Waals surface area contributed by atoms with Crippen LogP contribution in [0.15, 0.2) is 0 Å². The Morgan fingerprint density at radius 1 is 1.00 bits per heavy atom. The van der Waals surface area contributed by atoms with Gasteiger partial charge in [-0.05, 0) is 49.9 Å². The Balaban J connectivity index is 2.28. The van der Waals surface area contributed by atoms with Gasteiger partial charge < -0.3 is 5.32 Å². The average molecular weight is 223 g/mol. The van der Waals surface area contributed by atoms with Gasteiger partial charge in [0, 0.05) is 11.6 Å². The van der Waals surface area contributed by atoms with E-state index in [1.807, 2.05) is 0 Å². The summed E-state index contributed by atoms with van der Waals surface area (Å²) in [5.74, 6) is 0.925. The van der Waals surface area contributed by atoms with Crippen LogP contribution in [0.4, 0.5) is 0 Å². The highest BCUT2D eigenvalue weighted by molar-refractivity contribution is 5.12. The Bertz CT molecular complexity index is 224. The minimum Gasteiger partial charge on any atom is -0.308 e. The molecule has 1 heteroatoms. The zero-order valence-corrected chi connectivity index (χ0v) is 11.6. The molecule has 2 bridgehead atoms. The molecule has 3 aliphatic rings. The van der Waals surface area contributed by atoms with Gasteiger partial charge in [-0.2, -0.15) is 0 Å². The van der Waals surface area contributed by atoms with Gasteiger partial charge >= 0.3 is 0 Å². The summed E-state index contributed by atoms with van der Waals surface area (Å²) in [7, 11) is 0. The van der Waals surface area contributed by atoms with E-state index in [1.54, 1.807) is 0 Å². The van der Waals surface area contributed by atoms with Crippen molar-refractivity contribution in [2.45, 2.75) is 84.2 Å². The summed E-state index contributed by atoms with van der Waals surface area (Å²) < 4.78 is 0. The van der Waals surface area contributed by atoms with Gasteiger partial charge in [-0.25, -0.2) is 0 Å². The lowest BCUT2D eigenvalue weighted by atomic mass is 9.52. The second kappa shape index (κ2) is 4.33. The molecule has 3 rings (SSSR count). The van der Waals surface area contributed by atoms with Crippen molar-refractivity contribution in [3.8, 4) is 0 Å². The van der Waals surface area contributed by atoms with Crippen molar-refractivity contribution in [3.63, 3.8) is 0 Å². The first kappa shape index (κ1) is 12.4. The van der Waals surface area contributed by atoms with E-state index in [2.05, 4.69) is 33.0 Å². The second-order valence-electron chi connectivity index (χ2n) is 6.14. The number of piperidine rings is 2. The van der Waals surface area contributed by atoms with Gasteiger partial charge in [0.1, 0.15) is 0 Å². The van der Waals surface area contributed by atoms with Crippen LogP contribution in [0.25, 0.3) is 0 Å². The maximum atomic E-state index is 4.06. The molecule has 2 aliphatic heterocycles. The molecule has 16 heavy (non-hydrogen) atoms. The molecule has 94 valence electrons. The quantitative estimate of drug-likeness (QED) is 0.756. The van der Waals surface area contributed by atoms with E-state index in [9.17, 15) is 0 Å². The Hall–Kier alpha value is -0.0400. The lowest BCUT2D eigenvalue weighted by Gasteiger charge is -2.62. The molecule has 2 saturated heterocycles. The number of nitrogens with one attached hydrogen (secondary N) is 1. The van der Waals surface area contributed by atoms with E-state index >= 15 is 0 Å². The molecular weight excluding hydrogens is 194 g/mol. The molecule has 4 unspecified atom stereocenters. The van der Waals surface area contributed by atoms with Crippen LogP contribution >= 0.6 is 0 Å². The summed E-state index contributed by atoms with van der Waals surface area (Å²) in [5.41, 5.74) is 1.12. The maximum Gasteiger partial charge on any atom is 0.0210 e. The molecule has 0 aromatic rings. The zero-order valence-electron chi connectivity index (χ0n) is 11.6. The molecule has 3 fully saturated rings. The van der Waals surface area contributed by atoms with Crippen molar-refractivity contribution in [3.05, 3.63) is 0 Å². The van der Waals surface area contributed by atoms with E-state index < -0.39 is 0 Å². The third-order valence-corrected chi connectivity index (χ3v) is 5.94. The summed E-state index contributed by atoms with van der Waals surface area (Å²) in [6, 6.07) is 0.786. The normalized spacial score (nSPS) is 47.2. The fraction of sp³-hybridized carbons (Fsp3) is 1.00. The Labute approximate surface area is 101 Å². The first-order valence-corrected chi connectivity index (χ1v) is 7.44. The second-order valence-corrected chi connectivity index (χ2v) is 6.14. The van der Waals surface area contributed by atoms with Gasteiger partial charge in [-0.3, -0.25) is 0 Å². The van der Waals surface area contributed by atoms with Crippen LogP contribution in [-0.4, -0.2) is 11.6 Å². The third-order valence-electron chi connectivity index (χ3n) is 5.94. The van der Waals surface area contributed by atoms with E-state index in [-0.39, 0.29) is 0 Å². The Morgan fingerprint density at radius 2 is 1.75 bits per heavy atom. The van der Waals surface area contributed by atoms with E-state index in [4.69, 9.17) is 0 Å². The molecule has 1 aliphatic carbocycles. The topological polar surface area (TPSA) is 12.0 Å². The zero-order chi connectivity index (χ0) is 11.8. The highest BCUT2D eigenvalue weighted by Crippen LogP contribution is 2.56. The predicted molar refractivity (Wildman–Crippen MR) is 70.6 cm³/mol. The molecule has 0 aromatic carbocycles. The van der Waals surface area contributed by atoms with Gasteiger partial charge in [0.25, 0.3) is 0 Å². The fourth-order valence-corrected chi connectivity index (χ4v) is 4.68. The van der Waals surface area contributed by atoms with Gasteiger partial charge in [0.05, 0.1) is 0 Å². The van der Waals surface area contributed by atoms with Crippen LogP contribution in [-0.2, 0) is 0 Å². The summed E-state index contributed by atoms with van der Waals surface area (Å²) in [4.78, 5) is 0. The van der Waals surface area contributed by atoms with Crippen LogP contribution in [0.1, 0.15) is 72.6 Å². The van der Waals surface area contributed by atoms with Crippen LogP contribution in [0.2, 0.25) is 0 Å². The minimum atomic E-state index is 0.492.